The van der Waals surface area contributed by atoms with E-state index in [9.17, 15) is 14.4 Å². The van der Waals surface area contributed by atoms with Crippen molar-refractivity contribution in [2.75, 3.05) is 13.1 Å². The van der Waals surface area contributed by atoms with Crippen LogP contribution < -0.4 is 10.6 Å². The molecule has 2 amide bonds. The first-order valence-electron chi connectivity index (χ1n) is 6.19. The summed E-state index contributed by atoms with van der Waals surface area (Å²) in [6, 6.07) is 10.7. The highest BCUT2D eigenvalue weighted by molar-refractivity contribution is 5.97. The van der Waals surface area contributed by atoms with Crippen LogP contribution in [0.25, 0.3) is 10.9 Å². The Morgan fingerprint density at radius 1 is 1.00 bits per heavy atom. The Morgan fingerprint density at radius 3 is 2.52 bits per heavy atom. The first kappa shape index (κ1) is 14.4. The predicted molar refractivity (Wildman–Crippen MR) is 74.7 cm³/mol. The van der Waals surface area contributed by atoms with Crippen LogP contribution in [0.1, 0.15) is 10.5 Å². The van der Waals surface area contributed by atoms with Crippen molar-refractivity contribution < 1.29 is 19.5 Å². The van der Waals surface area contributed by atoms with Crippen LogP contribution in [-0.4, -0.2) is 41.0 Å². The topological polar surface area (TPSA) is 108 Å². The van der Waals surface area contributed by atoms with Crippen LogP contribution in [0.15, 0.2) is 36.4 Å². The summed E-state index contributed by atoms with van der Waals surface area (Å²) in [5.41, 5.74) is 0.875. The number of benzene rings is 1. The minimum absolute atomic E-state index is 0.194. The molecular weight excluding hydrogens is 274 g/mol. The summed E-state index contributed by atoms with van der Waals surface area (Å²) in [7, 11) is 0. The molecule has 7 heteroatoms. The van der Waals surface area contributed by atoms with Crippen molar-refractivity contribution in [3.63, 3.8) is 0 Å². The van der Waals surface area contributed by atoms with Gasteiger partial charge in [-0.2, -0.15) is 0 Å². The number of hydrogen-bond donors (Lipinski definition) is 3. The number of carbonyl (C=O) groups is 3. The molecule has 7 nitrogen and oxygen atoms in total. The molecule has 3 N–H and O–H groups in total. The maximum Gasteiger partial charge on any atom is 0.322 e. The van der Waals surface area contributed by atoms with Gasteiger partial charge in [-0.05, 0) is 12.1 Å². The molecule has 0 spiro atoms. The number of carboxylic acids is 1. The second-order valence-electron chi connectivity index (χ2n) is 4.24. The maximum atomic E-state index is 11.9. The number of carboxylic acid groups (broad SMARTS) is 1. The Morgan fingerprint density at radius 2 is 1.76 bits per heavy atom. The number of hydrogen-bond acceptors (Lipinski definition) is 4. The second kappa shape index (κ2) is 6.47. The summed E-state index contributed by atoms with van der Waals surface area (Å²) in [4.78, 5) is 37.6. The molecule has 2 aromatic rings. The van der Waals surface area contributed by atoms with Gasteiger partial charge >= 0.3 is 5.97 Å². The van der Waals surface area contributed by atoms with E-state index >= 15 is 0 Å². The fourth-order valence-electron chi connectivity index (χ4n) is 1.68. The van der Waals surface area contributed by atoms with E-state index in [1.54, 1.807) is 18.2 Å². The van der Waals surface area contributed by atoms with Crippen molar-refractivity contribution in [1.29, 1.82) is 0 Å². The van der Waals surface area contributed by atoms with Gasteiger partial charge in [0, 0.05) is 5.39 Å². The lowest BCUT2D eigenvalue weighted by atomic mass is 10.2. The summed E-state index contributed by atoms with van der Waals surface area (Å²) in [5.74, 6) is -2.22. The zero-order valence-electron chi connectivity index (χ0n) is 11.0. The summed E-state index contributed by atoms with van der Waals surface area (Å²) in [6.07, 6.45) is 0. The molecule has 0 fully saturated rings. The van der Waals surface area contributed by atoms with E-state index in [0.717, 1.165) is 5.39 Å². The number of nitrogens with zero attached hydrogens (tertiary/aromatic N) is 1. The van der Waals surface area contributed by atoms with Gasteiger partial charge < -0.3 is 15.7 Å². The first-order chi connectivity index (χ1) is 10.1. The number of amides is 2. The molecule has 0 unspecified atom stereocenters. The minimum atomic E-state index is -1.15. The van der Waals surface area contributed by atoms with Gasteiger partial charge in [0.1, 0.15) is 12.2 Å². The van der Waals surface area contributed by atoms with Crippen molar-refractivity contribution in [3.05, 3.63) is 42.1 Å². The van der Waals surface area contributed by atoms with E-state index in [2.05, 4.69) is 15.6 Å². The quantitative estimate of drug-likeness (QED) is 0.726. The zero-order valence-corrected chi connectivity index (χ0v) is 11.0. The molecule has 108 valence electrons. The maximum absolute atomic E-state index is 11.9. The Hall–Kier alpha value is -2.96. The molecule has 1 aromatic carbocycles. The molecule has 1 aromatic heterocycles. The summed E-state index contributed by atoms with van der Waals surface area (Å²) in [5, 5.41) is 13.8. The van der Waals surface area contributed by atoms with Crippen molar-refractivity contribution in [2.45, 2.75) is 0 Å². The highest BCUT2D eigenvalue weighted by Gasteiger charge is 2.10. The van der Waals surface area contributed by atoms with Crippen molar-refractivity contribution in [1.82, 2.24) is 15.6 Å². The zero-order chi connectivity index (χ0) is 15.2. The molecule has 0 bridgehead atoms. The van der Waals surface area contributed by atoms with Crippen LogP contribution in [0.4, 0.5) is 0 Å². The number of para-hydroxylation sites is 1. The minimum Gasteiger partial charge on any atom is -0.480 e. The van der Waals surface area contributed by atoms with E-state index in [-0.39, 0.29) is 12.2 Å². The second-order valence-corrected chi connectivity index (χ2v) is 4.24. The van der Waals surface area contributed by atoms with Crippen molar-refractivity contribution in [2.24, 2.45) is 0 Å². The Kier molecular flexibility index (Phi) is 4.45. The number of carbonyl (C=O) groups excluding carboxylic acids is 2. The monoisotopic (exact) mass is 287 g/mol. The molecule has 1 heterocycles. The van der Waals surface area contributed by atoms with Crippen LogP contribution in [0, 0.1) is 0 Å². The number of aromatic nitrogens is 1. The highest BCUT2D eigenvalue weighted by atomic mass is 16.4. The van der Waals surface area contributed by atoms with Gasteiger partial charge in [-0.15, -0.1) is 0 Å². The molecule has 0 aliphatic rings. The van der Waals surface area contributed by atoms with Crippen LogP contribution >= 0.6 is 0 Å². The van der Waals surface area contributed by atoms with Gasteiger partial charge in [0.25, 0.3) is 5.91 Å². The number of fused-ring (bicyclic) bond motifs is 1. The SMILES string of the molecule is O=C(O)CNC(=O)CNC(=O)c1ccc2ccccc2n1. The van der Waals surface area contributed by atoms with Gasteiger partial charge in [-0.1, -0.05) is 24.3 Å². The molecule has 0 atom stereocenters. The van der Waals surface area contributed by atoms with Gasteiger partial charge in [0.05, 0.1) is 12.1 Å². The molecule has 0 aliphatic carbocycles. The third kappa shape index (κ3) is 4.00. The van der Waals surface area contributed by atoms with E-state index in [0.29, 0.717) is 5.52 Å². The molecular formula is C14H13N3O4. The fraction of sp³-hybridized carbons (Fsp3) is 0.143. The molecule has 2 rings (SSSR count). The highest BCUT2D eigenvalue weighted by Crippen LogP contribution is 2.11. The summed E-state index contributed by atoms with van der Waals surface area (Å²) in [6.45, 7) is -0.788. The van der Waals surface area contributed by atoms with E-state index < -0.39 is 24.3 Å². The molecule has 0 aliphatic heterocycles. The van der Waals surface area contributed by atoms with E-state index in [1.165, 1.54) is 0 Å². The Balaban J connectivity index is 1.95. The van der Waals surface area contributed by atoms with Crippen LogP contribution in [0.3, 0.4) is 0 Å². The average molecular weight is 287 g/mol. The van der Waals surface area contributed by atoms with Crippen LogP contribution in [-0.2, 0) is 9.59 Å². The molecule has 21 heavy (non-hydrogen) atoms. The standard InChI is InChI=1S/C14H13N3O4/c18-12(15-8-13(19)20)7-16-14(21)11-6-5-9-3-1-2-4-10(9)17-11/h1-6H,7-8H2,(H,15,18)(H,16,21)(H,19,20). The molecule has 0 saturated carbocycles. The predicted octanol–water partition coefficient (Wildman–Crippen LogP) is 0.165. The van der Waals surface area contributed by atoms with Crippen LogP contribution in [0.5, 0.6) is 0 Å². The van der Waals surface area contributed by atoms with Gasteiger partial charge in [-0.25, -0.2) is 4.98 Å². The summed E-state index contributed by atoms with van der Waals surface area (Å²) >= 11 is 0. The largest absolute Gasteiger partial charge is 0.480 e. The summed E-state index contributed by atoms with van der Waals surface area (Å²) < 4.78 is 0. The fourth-order valence-corrected chi connectivity index (χ4v) is 1.68. The first-order valence-corrected chi connectivity index (χ1v) is 6.19. The van der Waals surface area contributed by atoms with Gasteiger partial charge in [-0.3, -0.25) is 14.4 Å². The number of rotatable bonds is 5. The number of aliphatic carboxylic acids is 1. The van der Waals surface area contributed by atoms with Gasteiger partial charge in [0.15, 0.2) is 0 Å². The Labute approximate surface area is 120 Å². The number of nitrogens with one attached hydrogen (secondary N) is 2. The smallest absolute Gasteiger partial charge is 0.322 e. The normalized spacial score (nSPS) is 10.1. The van der Waals surface area contributed by atoms with E-state index in [1.807, 2.05) is 18.2 Å². The lowest BCUT2D eigenvalue weighted by Gasteiger charge is -2.05. The van der Waals surface area contributed by atoms with Crippen LogP contribution in [0.2, 0.25) is 0 Å². The average Bonchev–Trinajstić information content (AvgIpc) is 2.50. The third-order valence-corrected chi connectivity index (χ3v) is 2.68. The molecule has 0 saturated heterocycles. The third-order valence-electron chi connectivity index (χ3n) is 2.68. The van der Waals surface area contributed by atoms with Crippen molar-refractivity contribution >= 4 is 28.7 Å². The number of pyridine rings is 1. The lowest BCUT2D eigenvalue weighted by Crippen LogP contribution is -2.39. The molecule has 0 radical (unpaired) electrons. The Bertz CT molecular complexity index is 699. The van der Waals surface area contributed by atoms with Gasteiger partial charge in [0.2, 0.25) is 5.91 Å². The van der Waals surface area contributed by atoms with E-state index in [4.69, 9.17) is 5.11 Å². The lowest BCUT2D eigenvalue weighted by molar-refractivity contribution is -0.137. The van der Waals surface area contributed by atoms with Crippen molar-refractivity contribution in [3.8, 4) is 0 Å².